The van der Waals surface area contributed by atoms with Crippen molar-refractivity contribution < 1.29 is 4.79 Å². The van der Waals surface area contributed by atoms with Gasteiger partial charge < -0.3 is 4.90 Å². The first-order valence-electron chi connectivity index (χ1n) is 7.08. The Labute approximate surface area is 144 Å². The van der Waals surface area contributed by atoms with Gasteiger partial charge in [-0.05, 0) is 48.8 Å². The first-order valence-corrected chi connectivity index (χ1v) is 9.67. The molecule has 0 N–H and O–H groups in total. The summed E-state index contributed by atoms with van der Waals surface area (Å²) in [6.07, 6.45) is 2.97. The number of para-hydroxylation sites is 1. The maximum Gasteiger partial charge on any atom is 0.259 e. The van der Waals surface area contributed by atoms with Crippen molar-refractivity contribution in [2.45, 2.75) is 16.2 Å². The van der Waals surface area contributed by atoms with Crippen molar-refractivity contribution in [1.29, 1.82) is 0 Å². The van der Waals surface area contributed by atoms with Crippen molar-refractivity contribution in [3.63, 3.8) is 0 Å². The molecule has 1 aliphatic rings. The van der Waals surface area contributed by atoms with E-state index in [2.05, 4.69) is 6.07 Å². The molecule has 114 valence electrons. The molecule has 0 bridgehead atoms. The monoisotopic (exact) mass is 349 g/mol. The average Bonchev–Trinajstić information content (AvgIpc) is 2.77. The van der Waals surface area contributed by atoms with Crippen molar-refractivity contribution in [2.75, 3.05) is 23.5 Å². The smallest absolute Gasteiger partial charge is 0.259 e. The van der Waals surface area contributed by atoms with Crippen LogP contribution in [0.25, 0.3) is 0 Å². The molecular formula is C17H16ClNOS2. The predicted octanol–water partition coefficient (Wildman–Crippen LogP) is 5.20. The molecule has 0 saturated heterocycles. The summed E-state index contributed by atoms with van der Waals surface area (Å²) in [5.74, 6) is 1.01. The Morgan fingerprint density at radius 2 is 2.09 bits per heavy atom. The number of fused-ring (bicyclic) bond motifs is 1. The lowest BCUT2D eigenvalue weighted by atomic mass is 10.1. The van der Waals surface area contributed by atoms with E-state index in [1.54, 1.807) is 29.6 Å². The predicted molar refractivity (Wildman–Crippen MR) is 96.7 cm³/mol. The van der Waals surface area contributed by atoms with E-state index in [0.717, 1.165) is 34.2 Å². The molecule has 5 heteroatoms. The maximum atomic E-state index is 13.0. The van der Waals surface area contributed by atoms with Crippen molar-refractivity contribution in [1.82, 2.24) is 0 Å². The number of anilines is 1. The molecule has 0 aliphatic carbocycles. The van der Waals surface area contributed by atoms with E-state index in [0.29, 0.717) is 10.6 Å². The van der Waals surface area contributed by atoms with Crippen LogP contribution in [0.2, 0.25) is 5.02 Å². The van der Waals surface area contributed by atoms with Crippen molar-refractivity contribution >= 4 is 46.7 Å². The van der Waals surface area contributed by atoms with Crippen LogP contribution >= 0.6 is 35.1 Å². The number of thioether (sulfide) groups is 2. The molecule has 0 aromatic heterocycles. The molecule has 2 aromatic rings. The van der Waals surface area contributed by atoms with Gasteiger partial charge in [-0.25, -0.2) is 0 Å². The van der Waals surface area contributed by atoms with Gasteiger partial charge in [0.05, 0.1) is 16.3 Å². The number of benzene rings is 2. The molecule has 0 radical (unpaired) electrons. The fourth-order valence-electron chi connectivity index (χ4n) is 2.48. The van der Waals surface area contributed by atoms with Crippen molar-refractivity contribution in [2.24, 2.45) is 0 Å². The zero-order valence-corrected chi connectivity index (χ0v) is 14.6. The Morgan fingerprint density at radius 3 is 2.91 bits per heavy atom. The summed E-state index contributed by atoms with van der Waals surface area (Å²) in [5.41, 5.74) is 1.57. The minimum absolute atomic E-state index is 0.0177. The summed E-state index contributed by atoms with van der Waals surface area (Å²) < 4.78 is 0. The SMILES string of the molecule is CSc1ccc(Cl)c(C(=O)N2CCCSc3ccccc32)c1. The van der Waals surface area contributed by atoms with E-state index in [9.17, 15) is 4.79 Å². The molecule has 0 saturated carbocycles. The van der Waals surface area contributed by atoms with E-state index in [1.807, 2.05) is 41.5 Å². The minimum Gasteiger partial charge on any atom is -0.307 e. The fourth-order valence-corrected chi connectivity index (χ4v) is 4.11. The van der Waals surface area contributed by atoms with Crippen LogP contribution in [0.4, 0.5) is 5.69 Å². The van der Waals surface area contributed by atoms with Crippen LogP contribution in [0.5, 0.6) is 0 Å². The van der Waals surface area contributed by atoms with Crippen LogP contribution in [0.15, 0.2) is 52.3 Å². The first kappa shape index (κ1) is 15.8. The summed E-state index contributed by atoms with van der Waals surface area (Å²) >= 11 is 9.69. The summed E-state index contributed by atoms with van der Waals surface area (Å²) in [4.78, 5) is 17.1. The summed E-state index contributed by atoms with van der Waals surface area (Å²) in [7, 11) is 0. The molecule has 22 heavy (non-hydrogen) atoms. The third-order valence-electron chi connectivity index (χ3n) is 3.59. The molecule has 0 spiro atoms. The van der Waals surface area contributed by atoms with Gasteiger partial charge in [0.2, 0.25) is 0 Å². The molecule has 0 atom stereocenters. The second-order valence-corrected chi connectivity index (χ2v) is 7.40. The van der Waals surface area contributed by atoms with Crippen LogP contribution in [-0.2, 0) is 0 Å². The number of carbonyl (C=O) groups excluding carboxylic acids is 1. The Morgan fingerprint density at radius 1 is 1.27 bits per heavy atom. The number of halogens is 1. The highest BCUT2D eigenvalue weighted by Gasteiger charge is 2.24. The number of nitrogens with zero attached hydrogens (tertiary/aromatic N) is 1. The lowest BCUT2D eigenvalue weighted by Gasteiger charge is -2.23. The van der Waals surface area contributed by atoms with Crippen molar-refractivity contribution in [3.8, 4) is 0 Å². The summed E-state index contributed by atoms with van der Waals surface area (Å²) in [6, 6.07) is 13.7. The van der Waals surface area contributed by atoms with Gasteiger partial charge in [-0.1, -0.05) is 23.7 Å². The van der Waals surface area contributed by atoms with Gasteiger partial charge in [0, 0.05) is 16.3 Å². The van der Waals surface area contributed by atoms with Gasteiger partial charge in [-0.15, -0.1) is 23.5 Å². The topological polar surface area (TPSA) is 20.3 Å². The standard InChI is InChI=1S/C17H16ClNOS2/c1-21-12-7-8-14(18)13(11-12)17(20)19-9-4-10-22-16-6-3-2-5-15(16)19/h2-3,5-8,11H,4,9-10H2,1H3. The lowest BCUT2D eigenvalue weighted by molar-refractivity contribution is 0.0986. The van der Waals surface area contributed by atoms with Crippen LogP contribution < -0.4 is 4.90 Å². The van der Waals surface area contributed by atoms with Crippen LogP contribution in [-0.4, -0.2) is 24.5 Å². The van der Waals surface area contributed by atoms with E-state index in [-0.39, 0.29) is 5.91 Å². The Bertz CT molecular complexity index is 705. The summed E-state index contributed by atoms with van der Waals surface area (Å²) in [6.45, 7) is 0.725. The highest BCUT2D eigenvalue weighted by atomic mass is 35.5. The lowest BCUT2D eigenvalue weighted by Crippen LogP contribution is -2.32. The molecule has 2 nitrogen and oxygen atoms in total. The van der Waals surface area contributed by atoms with Gasteiger partial charge in [0.1, 0.15) is 0 Å². The number of hydrogen-bond acceptors (Lipinski definition) is 3. The van der Waals surface area contributed by atoms with Gasteiger partial charge in [0.15, 0.2) is 0 Å². The molecule has 1 heterocycles. The summed E-state index contributed by atoms with van der Waals surface area (Å²) in [5, 5.41) is 0.511. The normalized spacial score (nSPS) is 14.4. The quantitative estimate of drug-likeness (QED) is 0.694. The Kier molecular flexibility index (Phi) is 5.01. The zero-order chi connectivity index (χ0) is 15.5. The highest BCUT2D eigenvalue weighted by Crippen LogP contribution is 2.35. The van der Waals surface area contributed by atoms with Crippen LogP contribution in [0.3, 0.4) is 0 Å². The van der Waals surface area contributed by atoms with Gasteiger partial charge >= 0.3 is 0 Å². The molecule has 1 amide bonds. The number of carbonyl (C=O) groups is 1. The Hall–Kier alpha value is -1.10. The van der Waals surface area contributed by atoms with E-state index in [1.165, 1.54) is 0 Å². The second-order valence-electron chi connectivity index (χ2n) is 4.97. The fraction of sp³-hybridized carbons (Fsp3) is 0.235. The molecule has 3 rings (SSSR count). The number of amides is 1. The molecular weight excluding hydrogens is 334 g/mol. The number of rotatable bonds is 2. The average molecular weight is 350 g/mol. The molecule has 1 aliphatic heterocycles. The second kappa shape index (κ2) is 6.99. The molecule has 0 unspecified atom stereocenters. The third-order valence-corrected chi connectivity index (χ3v) is 5.79. The van der Waals surface area contributed by atoms with E-state index >= 15 is 0 Å². The minimum atomic E-state index is -0.0177. The number of hydrogen-bond donors (Lipinski definition) is 0. The van der Waals surface area contributed by atoms with Crippen LogP contribution in [0.1, 0.15) is 16.8 Å². The first-order chi connectivity index (χ1) is 10.7. The molecule has 2 aromatic carbocycles. The van der Waals surface area contributed by atoms with Gasteiger partial charge in [-0.3, -0.25) is 4.79 Å². The largest absolute Gasteiger partial charge is 0.307 e. The molecule has 0 fully saturated rings. The van der Waals surface area contributed by atoms with Crippen molar-refractivity contribution in [3.05, 3.63) is 53.1 Å². The maximum absolute atomic E-state index is 13.0. The zero-order valence-electron chi connectivity index (χ0n) is 12.2. The van der Waals surface area contributed by atoms with Crippen LogP contribution in [0, 0.1) is 0 Å². The van der Waals surface area contributed by atoms with Gasteiger partial charge in [-0.2, -0.15) is 0 Å². The van der Waals surface area contributed by atoms with E-state index < -0.39 is 0 Å². The Balaban J connectivity index is 2.02. The third kappa shape index (κ3) is 3.14. The highest BCUT2D eigenvalue weighted by molar-refractivity contribution is 7.99. The van der Waals surface area contributed by atoms with E-state index in [4.69, 9.17) is 11.6 Å². The van der Waals surface area contributed by atoms with Gasteiger partial charge in [0.25, 0.3) is 5.91 Å².